The lowest BCUT2D eigenvalue weighted by Crippen LogP contribution is -2.31. The van der Waals surface area contributed by atoms with E-state index in [4.69, 9.17) is 0 Å². The molecule has 74 valence electrons. The van der Waals surface area contributed by atoms with E-state index in [0.29, 0.717) is 6.61 Å². The summed E-state index contributed by atoms with van der Waals surface area (Å²) >= 11 is 0. The van der Waals surface area contributed by atoms with E-state index >= 15 is 0 Å². The van der Waals surface area contributed by atoms with Crippen molar-refractivity contribution in [1.82, 2.24) is 0 Å². The molecule has 0 heterocycles. The first-order chi connectivity index (χ1) is 6.84. The molecular weight excluding hydrogens is 172 g/mol. The molecule has 0 aliphatic heterocycles. The van der Waals surface area contributed by atoms with Gasteiger partial charge in [0.2, 0.25) is 0 Å². The summed E-state index contributed by atoms with van der Waals surface area (Å²) < 4.78 is 0. The molecule has 2 bridgehead atoms. The average molecular weight is 188 g/mol. The van der Waals surface area contributed by atoms with Crippen molar-refractivity contribution in [1.29, 1.82) is 0 Å². The minimum Gasteiger partial charge on any atom is -0.395 e. The Hall–Kier alpha value is -0.820. The van der Waals surface area contributed by atoms with Crippen LogP contribution in [-0.2, 0) is 11.8 Å². The van der Waals surface area contributed by atoms with Crippen LogP contribution in [0.1, 0.15) is 30.4 Å². The standard InChI is InChI=1S/C13H16O/c14-9-13-6-5-10(8-13)7-11-3-1-2-4-12(11)13/h1-4,10,14H,5-9H2. The maximum Gasteiger partial charge on any atom is 0.0528 e. The van der Waals surface area contributed by atoms with E-state index < -0.39 is 0 Å². The minimum absolute atomic E-state index is 0.125. The molecule has 0 spiro atoms. The van der Waals surface area contributed by atoms with E-state index in [0.717, 1.165) is 5.92 Å². The van der Waals surface area contributed by atoms with Gasteiger partial charge in [0, 0.05) is 5.41 Å². The maximum atomic E-state index is 9.61. The molecule has 1 heteroatoms. The Morgan fingerprint density at radius 2 is 2.21 bits per heavy atom. The predicted molar refractivity (Wildman–Crippen MR) is 56.3 cm³/mol. The Labute approximate surface area is 84.8 Å². The molecule has 1 nitrogen and oxygen atoms in total. The number of rotatable bonds is 1. The van der Waals surface area contributed by atoms with Crippen LogP contribution in [0.15, 0.2) is 24.3 Å². The fourth-order valence-electron chi connectivity index (χ4n) is 3.41. The lowest BCUT2D eigenvalue weighted by molar-refractivity contribution is 0.186. The number of benzene rings is 1. The van der Waals surface area contributed by atoms with Crippen LogP contribution in [0, 0.1) is 5.92 Å². The summed E-state index contributed by atoms with van der Waals surface area (Å²) in [5.41, 5.74) is 3.03. The lowest BCUT2D eigenvalue weighted by atomic mass is 9.72. The second-order valence-corrected chi connectivity index (χ2v) is 4.91. The molecule has 1 fully saturated rings. The minimum atomic E-state index is 0.125. The fourth-order valence-corrected chi connectivity index (χ4v) is 3.41. The highest BCUT2D eigenvalue weighted by atomic mass is 16.3. The highest BCUT2D eigenvalue weighted by molar-refractivity contribution is 5.39. The van der Waals surface area contributed by atoms with Crippen molar-refractivity contribution >= 4 is 0 Å². The largest absolute Gasteiger partial charge is 0.395 e. The molecule has 2 atom stereocenters. The van der Waals surface area contributed by atoms with E-state index in [1.54, 1.807) is 0 Å². The monoisotopic (exact) mass is 188 g/mol. The van der Waals surface area contributed by atoms with E-state index in [2.05, 4.69) is 24.3 Å². The number of hydrogen-bond donors (Lipinski definition) is 1. The highest BCUT2D eigenvalue weighted by Gasteiger charge is 2.44. The number of fused-ring (bicyclic) bond motifs is 4. The van der Waals surface area contributed by atoms with Crippen molar-refractivity contribution in [2.24, 2.45) is 5.92 Å². The average Bonchev–Trinajstić information content (AvgIpc) is 2.58. The van der Waals surface area contributed by atoms with Crippen LogP contribution in [0.4, 0.5) is 0 Å². The van der Waals surface area contributed by atoms with Crippen LogP contribution in [-0.4, -0.2) is 11.7 Å². The van der Waals surface area contributed by atoms with Crippen molar-refractivity contribution in [2.45, 2.75) is 31.1 Å². The fraction of sp³-hybridized carbons (Fsp3) is 0.538. The molecule has 2 unspecified atom stereocenters. The third-order valence-corrected chi connectivity index (χ3v) is 4.11. The van der Waals surface area contributed by atoms with E-state index in [-0.39, 0.29) is 5.41 Å². The Morgan fingerprint density at radius 3 is 3.07 bits per heavy atom. The summed E-state index contributed by atoms with van der Waals surface area (Å²) in [5.74, 6) is 0.831. The third-order valence-electron chi connectivity index (χ3n) is 4.11. The SMILES string of the molecule is OCC12CCC(Cc3ccccc31)C2. The van der Waals surface area contributed by atoms with Crippen molar-refractivity contribution in [2.75, 3.05) is 6.61 Å². The molecule has 2 aliphatic rings. The zero-order valence-corrected chi connectivity index (χ0v) is 8.37. The molecule has 1 N–H and O–H groups in total. The van der Waals surface area contributed by atoms with Gasteiger partial charge in [0.15, 0.2) is 0 Å². The van der Waals surface area contributed by atoms with E-state index in [9.17, 15) is 5.11 Å². The first kappa shape index (κ1) is 8.49. The summed E-state index contributed by atoms with van der Waals surface area (Å²) in [6.45, 7) is 0.334. The van der Waals surface area contributed by atoms with Crippen molar-refractivity contribution in [3.05, 3.63) is 35.4 Å². The van der Waals surface area contributed by atoms with Gasteiger partial charge >= 0.3 is 0 Å². The van der Waals surface area contributed by atoms with Crippen LogP contribution in [0.3, 0.4) is 0 Å². The second kappa shape index (κ2) is 2.83. The van der Waals surface area contributed by atoms with Crippen LogP contribution < -0.4 is 0 Å². The van der Waals surface area contributed by atoms with E-state index in [1.165, 1.54) is 36.8 Å². The smallest absolute Gasteiger partial charge is 0.0528 e. The van der Waals surface area contributed by atoms with Gasteiger partial charge < -0.3 is 5.11 Å². The molecule has 0 aromatic heterocycles. The first-order valence-electron chi connectivity index (χ1n) is 5.53. The first-order valence-corrected chi connectivity index (χ1v) is 5.53. The van der Waals surface area contributed by atoms with Gasteiger partial charge in [0.25, 0.3) is 0 Å². The molecule has 1 aromatic carbocycles. The molecule has 1 aromatic rings. The van der Waals surface area contributed by atoms with Crippen molar-refractivity contribution in [3.8, 4) is 0 Å². The van der Waals surface area contributed by atoms with Gasteiger partial charge in [-0.1, -0.05) is 24.3 Å². The summed E-state index contributed by atoms with van der Waals surface area (Å²) in [4.78, 5) is 0. The quantitative estimate of drug-likeness (QED) is 0.716. The molecule has 3 rings (SSSR count). The third kappa shape index (κ3) is 0.992. The van der Waals surface area contributed by atoms with Gasteiger partial charge in [-0.2, -0.15) is 0 Å². The van der Waals surface area contributed by atoms with Crippen molar-refractivity contribution < 1.29 is 5.11 Å². The Balaban J connectivity index is 2.16. The molecule has 0 radical (unpaired) electrons. The molecule has 14 heavy (non-hydrogen) atoms. The maximum absolute atomic E-state index is 9.61. The van der Waals surface area contributed by atoms with Gasteiger partial charge in [0.1, 0.15) is 0 Å². The number of hydrogen-bond acceptors (Lipinski definition) is 1. The summed E-state index contributed by atoms with van der Waals surface area (Å²) in [7, 11) is 0. The normalized spacial score (nSPS) is 34.2. The lowest BCUT2D eigenvalue weighted by Gasteiger charge is -2.33. The topological polar surface area (TPSA) is 20.2 Å². The summed E-state index contributed by atoms with van der Waals surface area (Å²) in [5, 5.41) is 9.61. The van der Waals surface area contributed by atoms with Gasteiger partial charge in [-0.3, -0.25) is 0 Å². The highest BCUT2D eigenvalue weighted by Crippen LogP contribution is 2.50. The van der Waals surface area contributed by atoms with Gasteiger partial charge in [-0.05, 0) is 42.7 Å². The van der Waals surface area contributed by atoms with E-state index in [1.807, 2.05) is 0 Å². The molecule has 1 saturated carbocycles. The molecule has 0 saturated heterocycles. The van der Waals surface area contributed by atoms with Crippen molar-refractivity contribution in [3.63, 3.8) is 0 Å². The van der Waals surface area contributed by atoms with Crippen LogP contribution in [0.25, 0.3) is 0 Å². The summed E-state index contributed by atoms with van der Waals surface area (Å²) in [6.07, 6.45) is 4.93. The Morgan fingerprint density at radius 1 is 1.36 bits per heavy atom. The van der Waals surface area contributed by atoms with Crippen LogP contribution in [0.5, 0.6) is 0 Å². The summed E-state index contributed by atoms with van der Waals surface area (Å²) in [6, 6.07) is 8.67. The van der Waals surface area contributed by atoms with Gasteiger partial charge in [0.05, 0.1) is 6.61 Å². The molecule has 0 amide bonds. The Kier molecular flexibility index (Phi) is 1.72. The zero-order valence-electron chi connectivity index (χ0n) is 8.37. The zero-order chi connectivity index (χ0) is 9.60. The Bertz CT molecular complexity index is 358. The predicted octanol–water partition coefficient (Wildman–Crippen LogP) is 2.27. The molecule has 2 aliphatic carbocycles. The van der Waals surface area contributed by atoms with Crippen LogP contribution >= 0.6 is 0 Å². The van der Waals surface area contributed by atoms with Gasteiger partial charge in [-0.25, -0.2) is 0 Å². The van der Waals surface area contributed by atoms with Gasteiger partial charge in [-0.15, -0.1) is 0 Å². The molecular formula is C13H16O. The number of aliphatic hydroxyl groups excluding tert-OH is 1. The number of aliphatic hydroxyl groups is 1. The van der Waals surface area contributed by atoms with Crippen LogP contribution in [0.2, 0.25) is 0 Å². The second-order valence-electron chi connectivity index (χ2n) is 4.91.